The number of hydroxylamine groups is 2. The first-order chi connectivity index (χ1) is 11.6. The van der Waals surface area contributed by atoms with E-state index in [1.54, 1.807) is 12.3 Å². The van der Waals surface area contributed by atoms with E-state index >= 15 is 0 Å². The quantitative estimate of drug-likeness (QED) is 0.683. The number of amides is 1. The summed E-state index contributed by atoms with van der Waals surface area (Å²) in [6, 6.07) is 3.69. The third kappa shape index (κ3) is 3.99. The van der Waals surface area contributed by atoms with E-state index in [9.17, 15) is 10.0 Å². The molecule has 0 unspecified atom stereocenters. The van der Waals surface area contributed by atoms with Crippen LogP contribution in [0.5, 0.6) is 0 Å². The fourth-order valence-electron chi connectivity index (χ4n) is 2.94. The van der Waals surface area contributed by atoms with Crippen LogP contribution in [-0.2, 0) is 0 Å². The number of carbonyl (C=O) groups is 1. The van der Waals surface area contributed by atoms with Gasteiger partial charge in [0.1, 0.15) is 5.69 Å². The maximum atomic E-state index is 12.4. The number of rotatable bonds is 4. The Morgan fingerprint density at radius 2 is 2.25 bits per heavy atom. The second-order valence-corrected chi connectivity index (χ2v) is 6.29. The van der Waals surface area contributed by atoms with Crippen molar-refractivity contribution in [2.75, 3.05) is 26.7 Å². The van der Waals surface area contributed by atoms with Gasteiger partial charge in [-0.25, -0.2) is 5.06 Å². The van der Waals surface area contributed by atoms with Crippen molar-refractivity contribution in [3.8, 4) is 0 Å². The molecule has 5 nitrogen and oxygen atoms in total. The van der Waals surface area contributed by atoms with Crippen molar-refractivity contribution < 1.29 is 10.0 Å². The predicted octanol–water partition coefficient (Wildman–Crippen LogP) is 2.91. The van der Waals surface area contributed by atoms with Gasteiger partial charge < -0.3 is 4.90 Å². The second kappa shape index (κ2) is 7.55. The Kier molecular flexibility index (Phi) is 5.23. The Hall–Kier alpha value is -2.24. The first kappa shape index (κ1) is 16.6. The number of carbonyl (C=O) groups excluding carboxylic acids is 1. The number of aromatic nitrogens is 1. The number of allylic oxidation sites excluding steroid dienone is 2. The van der Waals surface area contributed by atoms with Crippen LogP contribution in [0, 0.1) is 0 Å². The average molecular weight is 325 g/mol. The minimum atomic E-state index is -0.467. The fraction of sp³-hybridized carbons (Fsp3) is 0.368. The maximum Gasteiger partial charge on any atom is 0.296 e. The van der Waals surface area contributed by atoms with E-state index in [1.165, 1.54) is 5.57 Å². The molecule has 2 aliphatic rings. The van der Waals surface area contributed by atoms with Gasteiger partial charge in [-0.3, -0.25) is 15.0 Å². The zero-order valence-electron chi connectivity index (χ0n) is 14.0. The molecule has 2 heterocycles. The predicted molar refractivity (Wildman–Crippen MR) is 93.6 cm³/mol. The molecule has 1 aliphatic heterocycles. The summed E-state index contributed by atoms with van der Waals surface area (Å²) >= 11 is 0. The molecule has 1 aromatic rings. The van der Waals surface area contributed by atoms with Crippen molar-refractivity contribution >= 4 is 11.5 Å². The van der Waals surface area contributed by atoms with Crippen LogP contribution in [0.3, 0.4) is 0 Å². The van der Waals surface area contributed by atoms with E-state index in [4.69, 9.17) is 0 Å². The number of hydrogen-bond donors (Lipinski definition) is 1. The lowest BCUT2D eigenvalue weighted by atomic mass is 10.00. The standard InChI is InChI=1S/C19H23N3O2/c1-21-11-8-16(9-12-21)17-7-10-20-18(13-17)19(23)22(24)14-15-5-3-2-4-6-15/h3,5-8,10,13,24H,2,4,9,11-12,14H2,1H3. The van der Waals surface area contributed by atoms with Crippen molar-refractivity contribution in [2.24, 2.45) is 0 Å². The topological polar surface area (TPSA) is 56.7 Å². The third-order valence-electron chi connectivity index (χ3n) is 4.40. The van der Waals surface area contributed by atoms with Gasteiger partial charge in [-0.15, -0.1) is 0 Å². The summed E-state index contributed by atoms with van der Waals surface area (Å²) in [5, 5.41) is 10.9. The fourth-order valence-corrected chi connectivity index (χ4v) is 2.94. The van der Waals surface area contributed by atoms with Crippen LogP contribution in [0.25, 0.3) is 5.57 Å². The smallest absolute Gasteiger partial charge is 0.296 e. The normalized spacial score (nSPS) is 18.1. The van der Waals surface area contributed by atoms with Crippen LogP contribution >= 0.6 is 0 Å². The van der Waals surface area contributed by atoms with E-state index in [2.05, 4.69) is 29.1 Å². The highest BCUT2D eigenvalue weighted by Gasteiger charge is 2.18. The maximum absolute atomic E-state index is 12.4. The molecule has 0 saturated heterocycles. The summed E-state index contributed by atoms with van der Waals surface area (Å²) < 4.78 is 0. The molecule has 24 heavy (non-hydrogen) atoms. The molecular weight excluding hydrogens is 302 g/mol. The molecule has 5 heteroatoms. The molecule has 0 atom stereocenters. The first-order valence-electron chi connectivity index (χ1n) is 8.34. The molecule has 1 amide bonds. The minimum Gasteiger partial charge on any atom is -0.302 e. The van der Waals surface area contributed by atoms with E-state index in [1.807, 2.05) is 18.2 Å². The Balaban J connectivity index is 1.72. The van der Waals surface area contributed by atoms with Gasteiger partial charge >= 0.3 is 0 Å². The Morgan fingerprint density at radius 3 is 2.96 bits per heavy atom. The number of nitrogens with zero attached hydrogens (tertiary/aromatic N) is 3. The van der Waals surface area contributed by atoms with Crippen molar-refractivity contribution in [3.63, 3.8) is 0 Å². The average Bonchev–Trinajstić information content (AvgIpc) is 2.62. The molecule has 0 aromatic carbocycles. The largest absolute Gasteiger partial charge is 0.302 e. The third-order valence-corrected chi connectivity index (χ3v) is 4.40. The second-order valence-electron chi connectivity index (χ2n) is 6.29. The summed E-state index contributed by atoms with van der Waals surface area (Å²) in [4.78, 5) is 18.8. The van der Waals surface area contributed by atoms with Crippen molar-refractivity contribution in [1.82, 2.24) is 14.9 Å². The molecule has 0 fully saturated rings. The van der Waals surface area contributed by atoms with Crippen molar-refractivity contribution in [3.05, 3.63) is 59.5 Å². The zero-order valence-corrected chi connectivity index (χ0v) is 14.0. The summed E-state index contributed by atoms with van der Waals surface area (Å²) in [7, 11) is 2.09. The van der Waals surface area contributed by atoms with Gasteiger partial charge in [0, 0.05) is 19.3 Å². The molecule has 3 rings (SSSR count). The van der Waals surface area contributed by atoms with Gasteiger partial charge in [-0.2, -0.15) is 0 Å². The molecule has 1 N–H and O–H groups in total. The molecule has 1 aromatic heterocycles. The summed E-state index contributed by atoms with van der Waals surface area (Å²) in [5.41, 5.74) is 3.46. The molecule has 0 radical (unpaired) electrons. The van der Waals surface area contributed by atoms with Gasteiger partial charge in [0.25, 0.3) is 5.91 Å². The lowest BCUT2D eigenvalue weighted by molar-refractivity contribution is -0.0512. The molecule has 0 saturated carbocycles. The number of likely N-dealkylation sites (N-methyl/N-ethyl adjacent to an activating group) is 1. The van der Waals surface area contributed by atoms with E-state index in [-0.39, 0.29) is 12.2 Å². The van der Waals surface area contributed by atoms with E-state index in [0.717, 1.165) is 48.6 Å². The van der Waals surface area contributed by atoms with E-state index < -0.39 is 5.91 Å². The van der Waals surface area contributed by atoms with Crippen LogP contribution in [-0.4, -0.2) is 52.7 Å². The van der Waals surface area contributed by atoms with Crippen molar-refractivity contribution in [1.29, 1.82) is 0 Å². The molecular formula is C19H23N3O2. The van der Waals surface area contributed by atoms with Gasteiger partial charge in [0.15, 0.2) is 0 Å². The first-order valence-corrected chi connectivity index (χ1v) is 8.34. The van der Waals surface area contributed by atoms with Gasteiger partial charge in [-0.05, 0) is 55.2 Å². The molecule has 1 aliphatic carbocycles. The summed E-state index contributed by atoms with van der Waals surface area (Å²) in [5.74, 6) is -0.467. The van der Waals surface area contributed by atoms with Gasteiger partial charge in [-0.1, -0.05) is 24.3 Å². The van der Waals surface area contributed by atoms with Crippen LogP contribution in [0.1, 0.15) is 35.3 Å². The Labute approximate surface area is 142 Å². The van der Waals surface area contributed by atoms with E-state index in [0.29, 0.717) is 0 Å². The highest BCUT2D eigenvalue weighted by atomic mass is 16.5. The lowest BCUT2D eigenvalue weighted by Crippen LogP contribution is -2.30. The Morgan fingerprint density at radius 1 is 1.38 bits per heavy atom. The number of hydrogen-bond acceptors (Lipinski definition) is 4. The van der Waals surface area contributed by atoms with Crippen LogP contribution in [0.15, 0.2) is 48.2 Å². The minimum absolute atomic E-state index is 0.189. The van der Waals surface area contributed by atoms with Crippen LogP contribution < -0.4 is 0 Å². The summed E-state index contributed by atoms with van der Waals surface area (Å²) in [6.45, 7) is 2.10. The molecule has 0 bridgehead atoms. The monoisotopic (exact) mass is 325 g/mol. The van der Waals surface area contributed by atoms with Gasteiger partial charge in [0.2, 0.25) is 0 Å². The van der Waals surface area contributed by atoms with Crippen molar-refractivity contribution in [2.45, 2.75) is 19.3 Å². The van der Waals surface area contributed by atoms with Gasteiger partial charge in [0.05, 0.1) is 6.54 Å². The zero-order chi connectivity index (χ0) is 16.9. The SMILES string of the molecule is CN1CC=C(c2ccnc(C(=O)N(O)CC3=CCCC=C3)c2)CC1. The van der Waals surface area contributed by atoms with Crippen LogP contribution in [0.2, 0.25) is 0 Å². The molecule has 0 spiro atoms. The summed E-state index contributed by atoms with van der Waals surface area (Å²) in [6.07, 6.45) is 12.8. The highest BCUT2D eigenvalue weighted by Crippen LogP contribution is 2.22. The number of pyridine rings is 1. The highest BCUT2D eigenvalue weighted by molar-refractivity contribution is 5.92. The van der Waals surface area contributed by atoms with Crippen LogP contribution in [0.4, 0.5) is 0 Å². The molecule has 126 valence electrons. The lowest BCUT2D eigenvalue weighted by Gasteiger charge is -2.22. The Bertz CT molecular complexity index is 706.